The van der Waals surface area contributed by atoms with Crippen molar-refractivity contribution in [3.8, 4) is 0 Å². The Bertz CT molecular complexity index is 356. The van der Waals surface area contributed by atoms with Gasteiger partial charge in [0.05, 0.1) is 12.1 Å². The summed E-state index contributed by atoms with van der Waals surface area (Å²) in [4.78, 5) is 11.9. The van der Waals surface area contributed by atoms with Crippen LogP contribution >= 0.6 is 0 Å². The highest BCUT2D eigenvalue weighted by Crippen LogP contribution is 2.18. The largest absolute Gasteiger partial charge is 0.316 e. The molecule has 0 spiro atoms. The third kappa shape index (κ3) is 2.23. The fraction of sp³-hybridized carbons (Fsp3) is 0.700. The van der Waals surface area contributed by atoms with E-state index in [1.165, 1.54) is 0 Å². The molecule has 82 valence electrons. The number of hydrogen-bond donors (Lipinski definition) is 1. The lowest BCUT2D eigenvalue weighted by atomic mass is 9.84. The highest BCUT2D eigenvalue weighted by molar-refractivity contribution is 5.82. The van der Waals surface area contributed by atoms with Gasteiger partial charge in [-0.3, -0.25) is 9.48 Å². The van der Waals surface area contributed by atoms with Crippen molar-refractivity contribution in [3.05, 3.63) is 11.9 Å². The first-order chi connectivity index (χ1) is 7.16. The van der Waals surface area contributed by atoms with Crippen molar-refractivity contribution in [1.29, 1.82) is 0 Å². The molecule has 1 saturated heterocycles. The lowest BCUT2D eigenvalue weighted by Gasteiger charge is -2.31. The smallest absolute Gasteiger partial charge is 0.142 e. The van der Waals surface area contributed by atoms with Crippen LogP contribution in [0.15, 0.2) is 6.20 Å². The van der Waals surface area contributed by atoms with Crippen LogP contribution in [0, 0.1) is 11.8 Å². The molecule has 1 aliphatic rings. The average Bonchev–Trinajstić information content (AvgIpc) is 2.48. The molecule has 0 saturated carbocycles. The first-order valence-electron chi connectivity index (χ1n) is 5.25. The van der Waals surface area contributed by atoms with Gasteiger partial charge in [0.15, 0.2) is 0 Å². The van der Waals surface area contributed by atoms with Crippen molar-refractivity contribution in [1.82, 2.24) is 20.3 Å². The number of carbonyl (C=O) groups is 1. The average molecular weight is 208 g/mol. The summed E-state index contributed by atoms with van der Waals surface area (Å²) >= 11 is 0. The molecule has 2 rings (SSSR count). The van der Waals surface area contributed by atoms with E-state index < -0.39 is 0 Å². The van der Waals surface area contributed by atoms with Crippen LogP contribution in [-0.2, 0) is 18.3 Å². The monoisotopic (exact) mass is 208 g/mol. The van der Waals surface area contributed by atoms with Crippen LogP contribution in [0.5, 0.6) is 0 Å². The maximum Gasteiger partial charge on any atom is 0.142 e. The van der Waals surface area contributed by atoms with Gasteiger partial charge in [0.2, 0.25) is 0 Å². The zero-order valence-corrected chi connectivity index (χ0v) is 9.10. The first-order valence-corrected chi connectivity index (χ1v) is 5.25. The number of rotatable bonds is 4. The van der Waals surface area contributed by atoms with Crippen molar-refractivity contribution in [3.63, 3.8) is 0 Å². The van der Waals surface area contributed by atoms with Crippen molar-refractivity contribution in [2.75, 3.05) is 13.1 Å². The number of aryl methyl sites for hydroxylation is 1. The lowest BCUT2D eigenvalue weighted by Crippen LogP contribution is -2.47. The molecule has 5 nitrogen and oxygen atoms in total. The summed E-state index contributed by atoms with van der Waals surface area (Å²) in [5, 5.41) is 10.9. The fourth-order valence-electron chi connectivity index (χ4n) is 1.74. The minimum atomic E-state index is 0.133. The number of nitrogens with zero attached hydrogens (tertiary/aromatic N) is 3. The fourth-order valence-corrected chi connectivity index (χ4v) is 1.74. The Kier molecular flexibility index (Phi) is 2.81. The van der Waals surface area contributed by atoms with Crippen LogP contribution in [0.3, 0.4) is 0 Å². The summed E-state index contributed by atoms with van der Waals surface area (Å²) in [5.41, 5.74) is 0.765. The zero-order valence-electron chi connectivity index (χ0n) is 9.10. The molecule has 5 heteroatoms. The topological polar surface area (TPSA) is 59.8 Å². The van der Waals surface area contributed by atoms with Crippen LogP contribution < -0.4 is 5.32 Å². The second-order valence-electron chi connectivity index (χ2n) is 4.23. The zero-order chi connectivity index (χ0) is 10.8. The minimum Gasteiger partial charge on any atom is -0.316 e. The molecule has 1 aromatic heterocycles. The number of aromatic nitrogens is 3. The number of carbonyl (C=O) groups excluding carboxylic acids is 1. The standard InChI is InChI=1S/C10H16N4O/c1-7(8-4-11-5-8)10(15)3-9-6-14(2)13-12-9/h6-8,11H,3-5H2,1-2H3. The predicted molar refractivity (Wildman–Crippen MR) is 55.2 cm³/mol. The summed E-state index contributed by atoms with van der Waals surface area (Å²) in [6, 6.07) is 0. The maximum absolute atomic E-state index is 11.9. The van der Waals surface area contributed by atoms with Crippen LogP contribution in [0.25, 0.3) is 0 Å². The predicted octanol–water partition coefficient (Wildman–Crippen LogP) is -0.218. The Morgan fingerprint density at radius 2 is 2.47 bits per heavy atom. The maximum atomic E-state index is 11.9. The van der Waals surface area contributed by atoms with E-state index in [9.17, 15) is 4.79 Å². The Morgan fingerprint density at radius 1 is 1.73 bits per heavy atom. The van der Waals surface area contributed by atoms with E-state index in [0.29, 0.717) is 12.3 Å². The Morgan fingerprint density at radius 3 is 2.93 bits per heavy atom. The van der Waals surface area contributed by atoms with E-state index >= 15 is 0 Å². The molecule has 2 heterocycles. The molecule has 0 bridgehead atoms. The number of ketones is 1. The van der Waals surface area contributed by atoms with Crippen LogP contribution in [0.4, 0.5) is 0 Å². The van der Waals surface area contributed by atoms with Gasteiger partial charge in [-0.2, -0.15) is 0 Å². The van der Waals surface area contributed by atoms with Crippen LogP contribution in [0.1, 0.15) is 12.6 Å². The Labute approximate surface area is 88.9 Å². The van der Waals surface area contributed by atoms with Crippen molar-refractivity contribution >= 4 is 5.78 Å². The molecule has 0 aliphatic carbocycles. The summed E-state index contributed by atoms with van der Waals surface area (Å²) < 4.78 is 1.62. The van der Waals surface area contributed by atoms with E-state index in [2.05, 4.69) is 15.6 Å². The summed E-state index contributed by atoms with van der Waals surface area (Å²) in [7, 11) is 1.81. The second-order valence-corrected chi connectivity index (χ2v) is 4.23. The molecule has 1 unspecified atom stereocenters. The SMILES string of the molecule is CC(C(=O)Cc1cn(C)nn1)C1CNC1. The van der Waals surface area contributed by atoms with E-state index in [1.807, 2.05) is 6.92 Å². The second kappa shape index (κ2) is 4.10. The van der Waals surface area contributed by atoms with Gasteiger partial charge < -0.3 is 5.32 Å². The lowest BCUT2D eigenvalue weighted by molar-refractivity contribution is -0.123. The van der Waals surface area contributed by atoms with Crippen LogP contribution in [0.2, 0.25) is 0 Å². The van der Waals surface area contributed by atoms with Gasteiger partial charge in [-0.15, -0.1) is 5.10 Å². The Hall–Kier alpha value is -1.23. The quantitative estimate of drug-likeness (QED) is 0.743. The van der Waals surface area contributed by atoms with Gasteiger partial charge >= 0.3 is 0 Å². The van der Waals surface area contributed by atoms with E-state index in [-0.39, 0.29) is 11.7 Å². The van der Waals surface area contributed by atoms with Gasteiger partial charge in [-0.1, -0.05) is 12.1 Å². The van der Waals surface area contributed by atoms with E-state index in [4.69, 9.17) is 0 Å². The molecule has 0 aromatic carbocycles. The molecule has 1 N–H and O–H groups in total. The number of Topliss-reactive ketones (excluding diaryl/α,β-unsaturated/α-hetero) is 1. The normalized spacial score (nSPS) is 18.5. The van der Waals surface area contributed by atoms with Gasteiger partial charge in [-0.25, -0.2) is 0 Å². The highest BCUT2D eigenvalue weighted by Gasteiger charge is 2.28. The molecule has 1 aromatic rings. The van der Waals surface area contributed by atoms with Gasteiger partial charge in [0.25, 0.3) is 0 Å². The molecular weight excluding hydrogens is 192 g/mol. The molecule has 1 fully saturated rings. The molecule has 15 heavy (non-hydrogen) atoms. The van der Waals surface area contributed by atoms with Crippen molar-refractivity contribution in [2.24, 2.45) is 18.9 Å². The van der Waals surface area contributed by atoms with Crippen molar-refractivity contribution < 1.29 is 4.79 Å². The summed E-state index contributed by atoms with van der Waals surface area (Å²) in [6.07, 6.45) is 2.20. The minimum absolute atomic E-state index is 0.133. The summed E-state index contributed by atoms with van der Waals surface area (Å²) in [6.45, 7) is 3.94. The van der Waals surface area contributed by atoms with Gasteiger partial charge in [0.1, 0.15) is 5.78 Å². The highest BCUT2D eigenvalue weighted by atomic mass is 16.1. The van der Waals surface area contributed by atoms with Crippen LogP contribution in [-0.4, -0.2) is 33.9 Å². The van der Waals surface area contributed by atoms with Crippen molar-refractivity contribution in [2.45, 2.75) is 13.3 Å². The Balaban J connectivity index is 1.91. The molecular formula is C10H16N4O. The number of hydrogen-bond acceptors (Lipinski definition) is 4. The third-order valence-corrected chi connectivity index (χ3v) is 3.03. The van der Waals surface area contributed by atoms with E-state index in [0.717, 1.165) is 18.8 Å². The number of nitrogens with one attached hydrogen (secondary N) is 1. The molecule has 1 atom stereocenters. The first kappa shape index (κ1) is 10.3. The molecule has 0 radical (unpaired) electrons. The van der Waals surface area contributed by atoms with Gasteiger partial charge in [-0.05, 0) is 19.0 Å². The van der Waals surface area contributed by atoms with E-state index in [1.54, 1.807) is 17.9 Å². The van der Waals surface area contributed by atoms with Gasteiger partial charge in [0, 0.05) is 19.2 Å². The molecule has 0 amide bonds. The summed E-state index contributed by atoms with van der Waals surface area (Å²) in [5.74, 6) is 0.907. The third-order valence-electron chi connectivity index (χ3n) is 3.03. The molecule has 1 aliphatic heterocycles.